The van der Waals surface area contributed by atoms with Crippen molar-refractivity contribution in [1.29, 1.82) is 0 Å². The van der Waals surface area contributed by atoms with E-state index in [1.807, 2.05) is 51.1 Å². The number of hydrogen-bond donors (Lipinski definition) is 1. The van der Waals surface area contributed by atoms with Gasteiger partial charge in [0.15, 0.2) is 10.1 Å². The van der Waals surface area contributed by atoms with Crippen molar-refractivity contribution in [2.75, 3.05) is 0 Å². The fraction of sp³-hybridized carbons (Fsp3) is 0.259. The number of alkyl halides is 6. The van der Waals surface area contributed by atoms with E-state index < -0.39 is 56.6 Å². The van der Waals surface area contributed by atoms with E-state index in [2.05, 4.69) is 59.6 Å². The molecule has 3 aromatic carbocycles. The maximum absolute atomic E-state index is 11.6. The van der Waals surface area contributed by atoms with Crippen LogP contribution in [0.15, 0.2) is 89.9 Å². The second-order valence-electron chi connectivity index (χ2n) is 9.88. The van der Waals surface area contributed by atoms with Crippen LogP contribution < -0.4 is 21.0 Å². The van der Waals surface area contributed by atoms with Gasteiger partial charge in [-0.15, -0.1) is 0 Å². The van der Waals surface area contributed by atoms with Gasteiger partial charge in [-0.1, -0.05) is 69.3 Å². The third kappa shape index (κ3) is 15.6. The van der Waals surface area contributed by atoms with E-state index >= 15 is 0 Å². The number of aliphatic imine (C=N–C) groups is 1. The summed E-state index contributed by atoms with van der Waals surface area (Å²) in [4.78, 5) is 16.0. The van der Waals surface area contributed by atoms with E-state index in [4.69, 9.17) is 25.9 Å². The molecule has 0 saturated heterocycles. The molecule has 47 heavy (non-hydrogen) atoms. The van der Waals surface area contributed by atoms with Crippen molar-refractivity contribution in [2.45, 2.75) is 37.8 Å². The summed E-state index contributed by atoms with van der Waals surface area (Å²) in [7, 11) is -13.2. The van der Waals surface area contributed by atoms with Gasteiger partial charge in [-0.25, -0.2) is 8.42 Å². The van der Waals surface area contributed by atoms with Crippen LogP contribution in [-0.4, -0.2) is 55.2 Å². The van der Waals surface area contributed by atoms with Gasteiger partial charge in [-0.05, 0) is 41.8 Å². The first-order valence-electron chi connectivity index (χ1n) is 12.2. The third-order valence-corrected chi connectivity index (χ3v) is 9.30. The van der Waals surface area contributed by atoms with Crippen LogP contribution in [0, 0.1) is 5.41 Å². The smallest absolute Gasteiger partial charge is 0.741 e. The van der Waals surface area contributed by atoms with Crippen LogP contribution in [-0.2, 0) is 59.2 Å². The van der Waals surface area contributed by atoms with Crippen molar-refractivity contribution in [3.05, 3.63) is 90.5 Å². The summed E-state index contributed by atoms with van der Waals surface area (Å²) >= 11 is 0. The number of rotatable bonds is 6. The van der Waals surface area contributed by atoms with Gasteiger partial charge >= 0.3 is 55.3 Å². The Balaban J connectivity index is 0. The topological polar surface area (TPSA) is 164 Å². The minimum absolute atomic E-state index is 0. The first kappa shape index (κ1) is 46.8. The van der Waals surface area contributed by atoms with Crippen LogP contribution >= 0.6 is 7.92 Å². The molecule has 3 aromatic rings. The number of carbonyl (C=O) groups is 1. The average Bonchev–Trinajstić information content (AvgIpc) is 2.88. The van der Waals surface area contributed by atoms with E-state index in [-0.39, 0.29) is 34.1 Å². The molecule has 0 heterocycles. The van der Waals surface area contributed by atoms with E-state index in [1.54, 1.807) is 6.21 Å². The van der Waals surface area contributed by atoms with E-state index in [0.717, 1.165) is 5.56 Å². The van der Waals surface area contributed by atoms with Crippen molar-refractivity contribution < 1.29 is 96.3 Å². The van der Waals surface area contributed by atoms with Gasteiger partial charge in [-0.3, -0.25) is 9.55 Å². The molecule has 0 unspecified atom stereocenters. The van der Waals surface area contributed by atoms with Gasteiger partial charge in [0.05, 0.1) is 19.9 Å². The molecule has 0 radical (unpaired) electrons. The molecule has 0 aliphatic heterocycles. The van der Waals surface area contributed by atoms with E-state index in [1.165, 1.54) is 15.9 Å². The molecular formula is C27H27Cu2F6NO8PS2+. The minimum atomic E-state index is -6.09. The van der Waals surface area contributed by atoms with Gasteiger partial charge in [0.25, 0.3) is 0 Å². The quantitative estimate of drug-likeness (QED) is 0.0990. The number of halogens is 6. The second-order valence-corrected chi connectivity index (χ2v) is 15.1. The number of aliphatic carboxylic acids is 1. The number of benzene rings is 3. The molecule has 0 aliphatic rings. The number of carboxylic acid groups (broad SMARTS) is 1. The molecule has 1 N–H and O–H groups in total. The molecule has 9 nitrogen and oxygen atoms in total. The summed E-state index contributed by atoms with van der Waals surface area (Å²) in [5.74, 6) is -1.15. The summed E-state index contributed by atoms with van der Waals surface area (Å²) in [6.45, 7) is 5.58. The van der Waals surface area contributed by atoms with Crippen molar-refractivity contribution in [3.63, 3.8) is 0 Å². The molecule has 0 aliphatic carbocycles. The molecule has 20 heteroatoms. The van der Waals surface area contributed by atoms with Crippen LogP contribution in [0.1, 0.15) is 26.3 Å². The van der Waals surface area contributed by atoms with Gasteiger partial charge in [0.1, 0.15) is 15.9 Å². The van der Waals surface area contributed by atoms with E-state index in [0.29, 0.717) is 0 Å². The monoisotopic (exact) mass is 828 g/mol. The van der Waals surface area contributed by atoms with Crippen LogP contribution in [0.5, 0.6) is 0 Å². The third-order valence-electron chi connectivity index (χ3n) is 5.34. The Morgan fingerprint density at radius 1 is 0.766 bits per heavy atom. The Hall–Kier alpha value is -2.33. The van der Waals surface area contributed by atoms with Crippen LogP contribution in [0.4, 0.5) is 26.3 Å². The molecular weight excluding hydrogens is 802 g/mol. The number of carboxylic acids is 1. The van der Waals surface area contributed by atoms with Crippen molar-refractivity contribution in [1.82, 2.24) is 0 Å². The largest absolute Gasteiger partial charge is 1.00 e. The minimum Gasteiger partial charge on any atom is -0.741 e. The molecule has 0 spiro atoms. The Bertz CT molecular complexity index is 1570. The normalized spacial score (nSPS) is 12.8. The van der Waals surface area contributed by atoms with Gasteiger partial charge in [0, 0.05) is 11.8 Å². The predicted molar refractivity (Wildman–Crippen MR) is 156 cm³/mol. The maximum atomic E-state index is 11.6. The Morgan fingerprint density at radius 2 is 1.11 bits per heavy atom. The fourth-order valence-electron chi connectivity index (χ4n) is 3.32. The standard InChI is InChI=1S/C25H26NO2P.2CHF3O3S.2Cu/c1-25(2,3)23(24(27)28)26-18-19-12-10-11-17-22(19)29(20-13-6-4-7-14-20)21-15-8-5-9-16-21;2*2-1(3,4)8(5,6)7;;/h4-18,23H,1-3H3,(H,27,28);2*(H,5,6,7);;/q;;;2*+1/p-1/t23-;;;;/m1..../s1. The van der Waals surface area contributed by atoms with Crippen LogP contribution in [0.3, 0.4) is 0 Å². The Kier molecular flexibility index (Phi) is 18.9. The molecule has 0 aromatic heterocycles. The zero-order valence-corrected chi connectivity index (χ0v) is 28.7. The fourth-order valence-corrected chi connectivity index (χ4v) is 6.02. The van der Waals surface area contributed by atoms with Crippen molar-refractivity contribution in [3.8, 4) is 0 Å². The van der Waals surface area contributed by atoms with Crippen LogP contribution in [0.25, 0.3) is 0 Å². The van der Waals surface area contributed by atoms with Gasteiger partial charge in [0.2, 0.25) is 0 Å². The summed E-state index contributed by atoms with van der Waals surface area (Å²) in [5.41, 5.74) is -10.7. The molecule has 0 fully saturated rings. The SMILES string of the molecule is CC(C)(C)[C@H](N=Cc1ccccc1[PH+](c1ccccc1)c1ccccc1)C(=O)[O-].O=S(=O)(O)C(F)(F)F.O=S(=O)([O-])C(F)(F)F.[Cu+].[Cu+]. The molecule has 3 rings (SSSR count). The first-order chi connectivity index (χ1) is 20.4. The van der Waals surface area contributed by atoms with Gasteiger partial charge in [-0.2, -0.15) is 34.8 Å². The molecule has 268 valence electrons. The molecule has 0 bridgehead atoms. The Labute approximate surface area is 290 Å². The summed E-state index contributed by atoms with van der Waals surface area (Å²) < 4.78 is 116. The number of hydrogen-bond acceptors (Lipinski definition) is 8. The van der Waals surface area contributed by atoms with Crippen LogP contribution in [0.2, 0.25) is 0 Å². The average molecular weight is 830 g/mol. The van der Waals surface area contributed by atoms with Crippen molar-refractivity contribution in [2.24, 2.45) is 10.4 Å². The summed E-state index contributed by atoms with van der Waals surface area (Å²) in [6.07, 6.45) is 1.71. The number of carbonyl (C=O) groups excluding carboxylic acids is 1. The maximum Gasteiger partial charge on any atom is 1.00 e. The zero-order chi connectivity index (χ0) is 34.9. The molecule has 0 amide bonds. The first-order valence-corrected chi connectivity index (χ1v) is 16.6. The number of nitrogens with zero attached hydrogens (tertiary/aromatic N) is 1. The van der Waals surface area contributed by atoms with Crippen molar-refractivity contribution >= 4 is 56.3 Å². The second kappa shape index (κ2) is 19.0. The Morgan fingerprint density at radius 3 is 1.40 bits per heavy atom. The van der Waals surface area contributed by atoms with Gasteiger partial charge < -0.3 is 14.5 Å². The zero-order valence-electron chi connectivity index (χ0n) is 24.2. The predicted octanol–water partition coefficient (Wildman–Crippen LogP) is 3.20. The summed E-state index contributed by atoms with van der Waals surface area (Å²) in [6, 6.07) is 28.2. The molecule has 0 saturated carbocycles. The van der Waals surface area contributed by atoms with E-state index in [9.17, 15) is 36.2 Å². The molecule has 1 atom stereocenters. The summed E-state index contributed by atoms with van der Waals surface area (Å²) in [5, 5.41) is 15.3.